The van der Waals surface area contributed by atoms with E-state index in [1.54, 1.807) is 0 Å². The van der Waals surface area contributed by atoms with Crippen LogP contribution in [0.4, 0.5) is 11.4 Å². The predicted octanol–water partition coefficient (Wildman–Crippen LogP) is 4.89. The molecule has 2 aromatic carbocycles. The summed E-state index contributed by atoms with van der Waals surface area (Å²) in [6.45, 7) is 4.20. The molecule has 0 radical (unpaired) electrons. The van der Waals surface area contributed by atoms with E-state index < -0.39 is 10.8 Å². The first-order valence-electron chi connectivity index (χ1n) is 7.98. The Balaban J connectivity index is 2.13. The molecule has 0 aliphatic carbocycles. The Morgan fingerprint density at radius 1 is 1.31 bits per heavy atom. The smallest absolute Gasteiger partial charge is 0.288 e. The lowest BCUT2D eigenvalue weighted by Crippen LogP contribution is -2.34. The number of benzene rings is 2. The summed E-state index contributed by atoms with van der Waals surface area (Å²) >= 11 is 11.0. The van der Waals surface area contributed by atoms with Crippen LogP contribution < -0.4 is 10.6 Å². The van der Waals surface area contributed by atoms with Crippen LogP contribution in [0.2, 0.25) is 5.02 Å². The highest BCUT2D eigenvalue weighted by atomic mass is 35.5. The van der Waals surface area contributed by atoms with Crippen LogP contribution in [0.3, 0.4) is 0 Å². The third-order valence-electron chi connectivity index (χ3n) is 3.98. The summed E-state index contributed by atoms with van der Waals surface area (Å²) in [7, 11) is 0. The molecule has 0 spiro atoms. The first-order valence-corrected chi connectivity index (χ1v) is 8.77. The maximum atomic E-state index is 12.3. The van der Waals surface area contributed by atoms with Crippen molar-refractivity contribution in [1.29, 1.82) is 0 Å². The number of amides is 1. The largest absolute Gasteiger partial charge is 0.332 e. The van der Waals surface area contributed by atoms with Gasteiger partial charge in [-0.25, -0.2) is 0 Å². The Morgan fingerprint density at radius 2 is 2.00 bits per heavy atom. The van der Waals surface area contributed by atoms with Gasteiger partial charge in [0.05, 0.1) is 4.92 Å². The van der Waals surface area contributed by atoms with Crippen molar-refractivity contribution in [3.05, 3.63) is 68.7 Å². The number of para-hydroxylation sites is 1. The van der Waals surface area contributed by atoms with E-state index in [0.717, 1.165) is 23.7 Å². The van der Waals surface area contributed by atoms with E-state index in [1.807, 2.05) is 24.3 Å². The summed E-state index contributed by atoms with van der Waals surface area (Å²) in [5.41, 5.74) is 1.67. The van der Waals surface area contributed by atoms with Crippen molar-refractivity contribution in [3.63, 3.8) is 0 Å². The van der Waals surface area contributed by atoms with Crippen molar-refractivity contribution >= 4 is 46.2 Å². The van der Waals surface area contributed by atoms with Gasteiger partial charge in [0.25, 0.3) is 11.6 Å². The quantitative estimate of drug-likeness (QED) is 0.430. The maximum absolute atomic E-state index is 12.3. The molecular weight excluding hydrogens is 374 g/mol. The lowest BCUT2D eigenvalue weighted by molar-refractivity contribution is -0.384. The molecule has 0 heterocycles. The lowest BCUT2D eigenvalue weighted by atomic mass is 9.97. The van der Waals surface area contributed by atoms with Crippen molar-refractivity contribution in [2.45, 2.75) is 26.2 Å². The van der Waals surface area contributed by atoms with Gasteiger partial charge < -0.3 is 5.32 Å². The average molecular weight is 392 g/mol. The number of nitro groups is 1. The molecule has 0 saturated heterocycles. The predicted molar refractivity (Wildman–Crippen MR) is 107 cm³/mol. The van der Waals surface area contributed by atoms with Gasteiger partial charge in [-0.1, -0.05) is 43.6 Å². The van der Waals surface area contributed by atoms with Crippen LogP contribution in [-0.4, -0.2) is 15.9 Å². The standard InChI is InChI=1S/C18H18ClN3O3S/c1-3-11(2)13-6-4-5-7-15(13)20-18(26)21-17(23)12-8-9-14(19)16(10-12)22(24)25/h4-11H,3H2,1-2H3,(H2,20,21,23,26). The Kier molecular flexibility index (Phi) is 6.65. The number of nitro benzene ring substituents is 1. The molecule has 2 aromatic rings. The van der Waals surface area contributed by atoms with Gasteiger partial charge in [-0.3, -0.25) is 20.2 Å². The van der Waals surface area contributed by atoms with E-state index in [2.05, 4.69) is 24.5 Å². The van der Waals surface area contributed by atoms with Crippen LogP contribution in [0.1, 0.15) is 42.1 Å². The van der Waals surface area contributed by atoms with Crippen molar-refractivity contribution in [3.8, 4) is 0 Å². The van der Waals surface area contributed by atoms with Gasteiger partial charge in [0.1, 0.15) is 5.02 Å². The van der Waals surface area contributed by atoms with Crippen LogP contribution in [0.5, 0.6) is 0 Å². The fourth-order valence-electron chi connectivity index (χ4n) is 2.38. The zero-order valence-corrected chi connectivity index (χ0v) is 15.9. The summed E-state index contributed by atoms with van der Waals surface area (Å²) in [4.78, 5) is 22.6. The van der Waals surface area contributed by atoms with Crippen molar-refractivity contribution in [2.24, 2.45) is 0 Å². The van der Waals surface area contributed by atoms with E-state index in [9.17, 15) is 14.9 Å². The van der Waals surface area contributed by atoms with Gasteiger partial charge in [-0.2, -0.15) is 0 Å². The lowest BCUT2D eigenvalue weighted by Gasteiger charge is -2.17. The first kappa shape index (κ1) is 19.8. The minimum atomic E-state index is -0.641. The molecular formula is C18H18ClN3O3S. The van der Waals surface area contributed by atoms with Crippen molar-refractivity contribution in [2.75, 3.05) is 5.32 Å². The monoisotopic (exact) mass is 391 g/mol. The van der Waals surface area contributed by atoms with E-state index >= 15 is 0 Å². The zero-order valence-electron chi connectivity index (χ0n) is 14.3. The molecule has 0 aromatic heterocycles. The highest BCUT2D eigenvalue weighted by Crippen LogP contribution is 2.27. The highest BCUT2D eigenvalue weighted by Gasteiger charge is 2.17. The van der Waals surface area contributed by atoms with Gasteiger partial charge in [-0.15, -0.1) is 0 Å². The molecule has 136 valence electrons. The summed E-state index contributed by atoms with van der Waals surface area (Å²) in [5, 5.41) is 16.6. The summed E-state index contributed by atoms with van der Waals surface area (Å²) in [5.74, 6) is -0.223. The molecule has 1 unspecified atom stereocenters. The molecule has 0 aliphatic rings. The first-order chi connectivity index (χ1) is 12.3. The molecule has 0 aliphatic heterocycles. The molecule has 1 amide bonds. The van der Waals surface area contributed by atoms with Gasteiger partial charge in [-0.05, 0) is 48.3 Å². The number of thiocarbonyl (C=S) groups is 1. The van der Waals surface area contributed by atoms with Gasteiger partial charge in [0.15, 0.2) is 5.11 Å². The molecule has 2 N–H and O–H groups in total. The molecule has 0 bridgehead atoms. The van der Waals surface area contributed by atoms with Crippen LogP contribution in [0.25, 0.3) is 0 Å². The summed E-state index contributed by atoms with van der Waals surface area (Å²) < 4.78 is 0. The van der Waals surface area contributed by atoms with Gasteiger partial charge >= 0.3 is 0 Å². The number of rotatable bonds is 5. The van der Waals surface area contributed by atoms with Gasteiger partial charge in [0.2, 0.25) is 0 Å². The molecule has 26 heavy (non-hydrogen) atoms. The Hall–Kier alpha value is -2.51. The fraction of sp³-hybridized carbons (Fsp3) is 0.222. The van der Waals surface area contributed by atoms with E-state index in [4.69, 9.17) is 23.8 Å². The third-order valence-corrected chi connectivity index (χ3v) is 4.51. The van der Waals surface area contributed by atoms with Crippen LogP contribution in [0, 0.1) is 10.1 Å². The maximum Gasteiger partial charge on any atom is 0.288 e. The van der Waals surface area contributed by atoms with E-state index in [1.165, 1.54) is 12.1 Å². The Bertz CT molecular complexity index is 857. The summed E-state index contributed by atoms with van der Waals surface area (Å²) in [6.07, 6.45) is 0.965. The second-order valence-corrected chi connectivity index (χ2v) is 6.54. The molecule has 2 rings (SSSR count). The highest BCUT2D eigenvalue weighted by molar-refractivity contribution is 7.80. The minimum Gasteiger partial charge on any atom is -0.332 e. The summed E-state index contributed by atoms with van der Waals surface area (Å²) in [6, 6.07) is 11.5. The number of hydrogen-bond donors (Lipinski definition) is 2. The van der Waals surface area contributed by atoms with Crippen LogP contribution in [0.15, 0.2) is 42.5 Å². The van der Waals surface area contributed by atoms with E-state index in [0.29, 0.717) is 5.92 Å². The van der Waals surface area contributed by atoms with E-state index in [-0.39, 0.29) is 21.4 Å². The number of carbonyl (C=O) groups excluding carboxylic acids is 1. The van der Waals surface area contributed by atoms with Crippen molar-refractivity contribution in [1.82, 2.24) is 5.32 Å². The molecule has 8 heteroatoms. The normalized spacial score (nSPS) is 11.5. The number of anilines is 1. The second-order valence-electron chi connectivity index (χ2n) is 5.73. The Morgan fingerprint density at radius 3 is 2.65 bits per heavy atom. The molecule has 1 atom stereocenters. The zero-order chi connectivity index (χ0) is 19.3. The SMILES string of the molecule is CCC(C)c1ccccc1NC(=S)NC(=O)c1ccc(Cl)c([N+](=O)[O-])c1. The third kappa shape index (κ3) is 4.77. The van der Waals surface area contributed by atoms with Crippen LogP contribution >= 0.6 is 23.8 Å². The number of hydrogen-bond acceptors (Lipinski definition) is 4. The molecule has 0 fully saturated rings. The number of halogens is 1. The van der Waals surface area contributed by atoms with Gasteiger partial charge in [0, 0.05) is 17.3 Å². The molecule has 0 saturated carbocycles. The second kappa shape index (κ2) is 8.73. The molecule has 6 nitrogen and oxygen atoms in total. The van der Waals surface area contributed by atoms with Crippen LogP contribution in [-0.2, 0) is 0 Å². The average Bonchev–Trinajstić information content (AvgIpc) is 2.61. The fourth-order valence-corrected chi connectivity index (χ4v) is 2.77. The Labute approximate surface area is 161 Å². The number of carbonyl (C=O) groups is 1. The number of nitrogens with zero attached hydrogens (tertiary/aromatic N) is 1. The number of nitrogens with one attached hydrogen (secondary N) is 2. The topological polar surface area (TPSA) is 84.3 Å². The minimum absolute atomic E-state index is 0.0327. The van der Waals surface area contributed by atoms with Crippen molar-refractivity contribution < 1.29 is 9.72 Å².